The Morgan fingerprint density at radius 1 is 1.21 bits per heavy atom. The Bertz CT molecular complexity index is 897. The Hall–Kier alpha value is -3.20. The number of anilines is 1. The van der Waals surface area contributed by atoms with Crippen molar-refractivity contribution in [3.63, 3.8) is 0 Å². The van der Waals surface area contributed by atoms with Crippen molar-refractivity contribution in [1.29, 1.82) is 0 Å². The molecule has 0 aromatic heterocycles. The van der Waals surface area contributed by atoms with Crippen molar-refractivity contribution >= 4 is 17.3 Å². The fourth-order valence-electron chi connectivity index (χ4n) is 3.19. The number of piperazine rings is 1. The Morgan fingerprint density at radius 3 is 2.54 bits per heavy atom. The molecule has 148 valence electrons. The van der Waals surface area contributed by atoms with Gasteiger partial charge in [-0.1, -0.05) is 6.07 Å². The molecule has 0 saturated carbocycles. The predicted octanol–water partition coefficient (Wildman–Crippen LogP) is 2.28. The number of rotatable bonds is 5. The molecule has 0 unspecified atom stereocenters. The van der Waals surface area contributed by atoms with Crippen molar-refractivity contribution in [2.24, 2.45) is 0 Å². The lowest BCUT2D eigenvalue weighted by Crippen LogP contribution is -2.48. The summed E-state index contributed by atoms with van der Waals surface area (Å²) in [6.45, 7) is 2.77. The van der Waals surface area contributed by atoms with E-state index in [4.69, 9.17) is 10.5 Å². The minimum Gasteiger partial charge on any atom is -0.494 e. The van der Waals surface area contributed by atoms with Crippen molar-refractivity contribution in [1.82, 2.24) is 9.80 Å². The van der Waals surface area contributed by atoms with E-state index in [-0.39, 0.29) is 28.6 Å². The van der Waals surface area contributed by atoms with Crippen molar-refractivity contribution in [2.45, 2.75) is 6.54 Å². The van der Waals surface area contributed by atoms with Gasteiger partial charge in [-0.05, 0) is 29.8 Å². The summed E-state index contributed by atoms with van der Waals surface area (Å²) in [5, 5.41) is 11.0. The van der Waals surface area contributed by atoms with Crippen LogP contribution in [-0.2, 0) is 6.54 Å². The van der Waals surface area contributed by atoms with Gasteiger partial charge in [-0.2, -0.15) is 0 Å². The van der Waals surface area contributed by atoms with Gasteiger partial charge < -0.3 is 15.4 Å². The van der Waals surface area contributed by atoms with Gasteiger partial charge >= 0.3 is 0 Å². The third-order valence-corrected chi connectivity index (χ3v) is 4.76. The molecule has 0 aliphatic carbocycles. The first kappa shape index (κ1) is 19.6. The number of methoxy groups -OCH3 is 1. The Balaban J connectivity index is 1.60. The van der Waals surface area contributed by atoms with Gasteiger partial charge in [-0.3, -0.25) is 19.8 Å². The molecule has 1 amide bonds. The molecule has 8 nitrogen and oxygen atoms in total. The van der Waals surface area contributed by atoms with Crippen molar-refractivity contribution < 1.29 is 18.8 Å². The second-order valence-electron chi connectivity index (χ2n) is 6.57. The first-order valence-electron chi connectivity index (χ1n) is 8.77. The average molecular weight is 388 g/mol. The molecule has 1 aliphatic rings. The van der Waals surface area contributed by atoms with E-state index in [0.717, 1.165) is 5.56 Å². The topological polar surface area (TPSA) is 102 Å². The summed E-state index contributed by atoms with van der Waals surface area (Å²) < 4.78 is 18.7. The number of nitro benzene ring substituents is 1. The zero-order valence-electron chi connectivity index (χ0n) is 15.4. The lowest BCUT2D eigenvalue weighted by molar-refractivity contribution is -0.383. The number of nitro groups is 1. The fraction of sp³-hybridized carbons (Fsp3) is 0.316. The molecule has 2 aromatic carbocycles. The van der Waals surface area contributed by atoms with Crippen LogP contribution in [0.25, 0.3) is 0 Å². The van der Waals surface area contributed by atoms with E-state index in [0.29, 0.717) is 32.7 Å². The number of benzene rings is 2. The number of nitrogens with zero attached hydrogens (tertiary/aromatic N) is 3. The van der Waals surface area contributed by atoms with Crippen LogP contribution in [0.5, 0.6) is 5.75 Å². The van der Waals surface area contributed by atoms with Crippen LogP contribution in [0, 0.1) is 15.9 Å². The molecule has 1 heterocycles. The second kappa shape index (κ2) is 8.22. The number of hydrogen-bond donors (Lipinski definition) is 1. The Labute approximate surface area is 161 Å². The minimum absolute atomic E-state index is 0.0260. The normalized spacial score (nSPS) is 14.7. The van der Waals surface area contributed by atoms with Gasteiger partial charge in [0, 0.05) is 44.4 Å². The van der Waals surface area contributed by atoms with E-state index in [1.54, 1.807) is 11.0 Å². The van der Waals surface area contributed by atoms with E-state index in [2.05, 4.69) is 4.90 Å². The van der Waals surface area contributed by atoms with Crippen LogP contribution < -0.4 is 10.5 Å². The molecule has 1 aliphatic heterocycles. The number of amides is 1. The smallest absolute Gasteiger partial charge is 0.292 e. The summed E-state index contributed by atoms with van der Waals surface area (Å²) in [6, 6.07) is 8.94. The zero-order valence-corrected chi connectivity index (χ0v) is 15.4. The molecule has 2 aromatic rings. The maximum atomic E-state index is 13.8. The first-order chi connectivity index (χ1) is 13.4. The number of carbonyl (C=O) groups excluding carboxylic acids is 1. The standard InChI is InChI=1S/C19H21FN4O4/c1-28-18-5-2-13(10-15(18)20)12-22-6-8-23(9-7-22)19(25)14-3-4-16(21)17(11-14)24(26)27/h2-5,10-11H,6-9,12,21H2,1H3. The molecule has 2 N–H and O–H groups in total. The highest BCUT2D eigenvalue weighted by molar-refractivity contribution is 5.95. The van der Waals surface area contributed by atoms with Crippen LogP contribution in [0.15, 0.2) is 36.4 Å². The monoisotopic (exact) mass is 388 g/mol. The van der Waals surface area contributed by atoms with E-state index >= 15 is 0 Å². The average Bonchev–Trinajstić information content (AvgIpc) is 2.68. The molecule has 28 heavy (non-hydrogen) atoms. The highest BCUT2D eigenvalue weighted by Gasteiger charge is 2.24. The molecule has 0 bridgehead atoms. The highest BCUT2D eigenvalue weighted by atomic mass is 19.1. The molecular weight excluding hydrogens is 367 g/mol. The molecule has 9 heteroatoms. The summed E-state index contributed by atoms with van der Waals surface area (Å²) in [5.41, 5.74) is 6.40. The molecule has 0 spiro atoms. The molecule has 3 rings (SSSR count). The molecule has 0 radical (unpaired) electrons. The third-order valence-electron chi connectivity index (χ3n) is 4.76. The zero-order chi connectivity index (χ0) is 20.3. The van der Waals surface area contributed by atoms with Crippen molar-refractivity contribution in [3.8, 4) is 5.75 Å². The van der Waals surface area contributed by atoms with Crippen LogP contribution in [-0.4, -0.2) is 53.9 Å². The Kier molecular flexibility index (Phi) is 5.74. The lowest BCUT2D eigenvalue weighted by Gasteiger charge is -2.34. The number of halogens is 1. The second-order valence-corrected chi connectivity index (χ2v) is 6.57. The van der Waals surface area contributed by atoms with Gasteiger partial charge in [0.15, 0.2) is 11.6 Å². The lowest BCUT2D eigenvalue weighted by atomic mass is 10.1. The summed E-state index contributed by atoms with van der Waals surface area (Å²) >= 11 is 0. The fourth-order valence-corrected chi connectivity index (χ4v) is 3.19. The van der Waals surface area contributed by atoms with Gasteiger partial charge in [0.05, 0.1) is 12.0 Å². The van der Waals surface area contributed by atoms with E-state index in [1.165, 1.54) is 31.4 Å². The largest absolute Gasteiger partial charge is 0.494 e. The van der Waals surface area contributed by atoms with Crippen LogP contribution in [0.1, 0.15) is 15.9 Å². The van der Waals surface area contributed by atoms with Gasteiger partial charge in [0.1, 0.15) is 5.69 Å². The summed E-state index contributed by atoms with van der Waals surface area (Å²) in [7, 11) is 1.42. The van der Waals surface area contributed by atoms with Gasteiger partial charge in [-0.25, -0.2) is 4.39 Å². The minimum atomic E-state index is -0.599. The summed E-state index contributed by atoms with van der Waals surface area (Å²) in [6.07, 6.45) is 0. The quantitative estimate of drug-likeness (QED) is 0.479. The Morgan fingerprint density at radius 2 is 1.93 bits per heavy atom. The molecule has 1 fully saturated rings. The highest BCUT2D eigenvalue weighted by Crippen LogP contribution is 2.24. The number of nitrogens with two attached hydrogens (primary N) is 1. The van der Waals surface area contributed by atoms with E-state index in [9.17, 15) is 19.3 Å². The molecular formula is C19H21FN4O4. The molecule has 0 atom stereocenters. The van der Waals surface area contributed by atoms with Crippen molar-refractivity contribution in [3.05, 3.63) is 63.5 Å². The number of carbonyl (C=O) groups is 1. The van der Waals surface area contributed by atoms with Gasteiger partial charge in [0.2, 0.25) is 0 Å². The van der Waals surface area contributed by atoms with Crippen LogP contribution in [0.3, 0.4) is 0 Å². The van der Waals surface area contributed by atoms with Gasteiger partial charge in [0.25, 0.3) is 11.6 Å². The number of hydrogen-bond acceptors (Lipinski definition) is 6. The first-order valence-corrected chi connectivity index (χ1v) is 8.77. The van der Waals surface area contributed by atoms with Crippen molar-refractivity contribution in [2.75, 3.05) is 39.0 Å². The third kappa shape index (κ3) is 4.20. The number of ether oxygens (including phenoxy) is 1. The maximum Gasteiger partial charge on any atom is 0.292 e. The predicted molar refractivity (Wildman–Crippen MR) is 102 cm³/mol. The van der Waals surface area contributed by atoms with E-state index < -0.39 is 10.7 Å². The summed E-state index contributed by atoms with van der Waals surface area (Å²) in [5.74, 6) is -0.464. The number of nitrogen functional groups attached to an aromatic ring is 1. The summed E-state index contributed by atoms with van der Waals surface area (Å²) in [4.78, 5) is 26.8. The van der Waals surface area contributed by atoms with Gasteiger partial charge in [-0.15, -0.1) is 0 Å². The van der Waals surface area contributed by atoms with Crippen LogP contribution in [0.2, 0.25) is 0 Å². The maximum absolute atomic E-state index is 13.8. The van der Waals surface area contributed by atoms with Crippen LogP contribution in [0.4, 0.5) is 15.8 Å². The van der Waals surface area contributed by atoms with Crippen LogP contribution >= 0.6 is 0 Å². The molecule has 1 saturated heterocycles. The van der Waals surface area contributed by atoms with E-state index in [1.807, 2.05) is 6.07 Å². The SMILES string of the molecule is COc1ccc(CN2CCN(C(=O)c3ccc(N)c([N+](=O)[O-])c3)CC2)cc1F.